The van der Waals surface area contributed by atoms with E-state index in [1.807, 2.05) is 0 Å². The molecule has 0 amide bonds. The number of carboxylic acids is 1. The minimum atomic E-state index is -3.70. The maximum atomic E-state index is 12.5. The van der Waals surface area contributed by atoms with E-state index in [-0.39, 0.29) is 30.8 Å². The van der Waals surface area contributed by atoms with Gasteiger partial charge in [0.15, 0.2) is 5.60 Å². The lowest BCUT2D eigenvalue weighted by Gasteiger charge is -2.36. The Morgan fingerprint density at radius 1 is 1.32 bits per heavy atom. The molecule has 8 nitrogen and oxygen atoms in total. The van der Waals surface area contributed by atoms with E-state index in [9.17, 15) is 18.3 Å². The zero-order valence-corrected chi connectivity index (χ0v) is 13.2. The highest BCUT2D eigenvalue weighted by molar-refractivity contribution is 7.89. The Labute approximate surface area is 128 Å². The fourth-order valence-corrected chi connectivity index (χ4v) is 3.77. The van der Waals surface area contributed by atoms with Crippen molar-refractivity contribution in [1.29, 1.82) is 0 Å². The van der Waals surface area contributed by atoms with Crippen LogP contribution in [0.5, 0.6) is 5.88 Å². The highest BCUT2D eigenvalue weighted by atomic mass is 32.2. The summed E-state index contributed by atoms with van der Waals surface area (Å²) in [5.41, 5.74) is -1.32. The van der Waals surface area contributed by atoms with Gasteiger partial charge in [-0.1, -0.05) is 0 Å². The molecular weight excluding hydrogens is 312 g/mol. The summed E-state index contributed by atoms with van der Waals surface area (Å²) in [7, 11) is -0.937. The van der Waals surface area contributed by atoms with E-state index in [1.165, 1.54) is 36.9 Å². The van der Waals surface area contributed by atoms with Crippen molar-refractivity contribution in [2.24, 2.45) is 0 Å². The average molecular weight is 330 g/mol. The summed E-state index contributed by atoms with van der Waals surface area (Å²) in [4.78, 5) is 15.2. The molecule has 122 valence electrons. The highest BCUT2D eigenvalue weighted by Crippen LogP contribution is 2.29. The predicted octanol–water partition coefficient (Wildman–Crippen LogP) is 0.344. The van der Waals surface area contributed by atoms with Gasteiger partial charge in [0.2, 0.25) is 15.9 Å². The molecule has 1 fully saturated rings. The molecule has 0 aromatic carbocycles. The lowest BCUT2D eigenvalue weighted by atomic mass is 9.92. The average Bonchev–Trinajstić information content (AvgIpc) is 2.54. The minimum absolute atomic E-state index is 0.0496. The maximum Gasteiger partial charge on any atom is 0.336 e. The first-order valence-corrected chi connectivity index (χ1v) is 8.08. The van der Waals surface area contributed by atoms with Crippen LogP contribution in [-0.4, -0.2) is 61.7 Å². The number of aromatic nitrogens is 1. The Kier molecular flexibility index (Phi) is 4.69. The summed E-state index contributed by atoms with van der Waals surface area (Å²) in [6.07, 6.45) is 1.42. The van der Waals surface area contributed by atoms with Crippen LogP contribution in [-0.2, 0) is 19.6 Å². The number of hydrogen-bond acceptors (Lipinski definition) is 6. The molecular formula is C13H18N2O6S. The number of ether oxygens (including phenoxy) is 2. The van der Waals surface area contributed by atoms with E-state index < -0.39 is 21.6 Å². The van der Waals surface area contributed by atoms with Crippen molar-refractivity contribution in [3.8, 4) is 5.88 Å². The van der Waals surface area contributed by atoms with Gasteiger partial charge in [-0.3, -0.25) is 0 Å². The second kappa shape index (κ2) is 6.19. The topological polar surface area (TPSA) is 106 Å². The molecule has 1 aromatic heterocycles. The molecule has 1 saturated heterocycles. The molecule has 0 saturated carbocycles. The van der Waals surface area contributed by atoms with Crippen molar-refractivity contribution in [2.75, 3.05) is 27.3 Å². The third kappa shape index (κ3) is 2.92. The van der Waals surface area contributed by atoms with Gasteiger partial charge in [0.25, 0.3) is 0 Å². The largest absolute Gasteiger partial charge is 0.481 e. The summed E-state index contributed by atoms with van der Waals surface area (Å²) >= 11 is 0. The van der Waals surface area contributed by atoms with Gasteiger partial charge in [-0.05, 0) is 6.07 Å². The number of nitrogens with zero attached hydrogens (tertiary/aromatic N) is 2. The third-order valence-electron chi connectivity index (χ3n) is 3.87. The minimum Gasteiger partial charge on any atom is -0.481 e. The van der Waals surface area contributed by atoms with E-state index >= 15 is 0 Å². The quantitative estimate of drug-likeness (QED) is 0.830. The van der Waals surface area contributed by atoms with Crippen molar-refractivity contribution in [3.63, 3.8) is 0 Å². The Hall–Kier alpha value is -1.71. The number of sulfonamides is 1. The molecule has 0 bridgehead atoms. The van der Waals surface area contributed by atoms with Crippen LogP contribution in [0.3, 0.4) is 0 Å². The highest BCUT2D eigenvalue weighted by Gasteiger charge is 2.44. The van der Waals surface area contributed by atoms with Gasteiger partial charge in [-0.2, -0.15) is 4.31 Å². The summed E-state index contributed by atoms with van der Waals surface area (Å²) in [5, 5.41) is 9.24. The SMILES string of the molecule is COc1ccc(S(=O)(=O)N2CCC(OC)(C(=O)O)CC2)cn1. The zero-order chi connectivity index (χ0) is 16.4. The molecule has 1 aliphatic heterocycles. The Balaban J connectivity index is 2.17. The molecule has 0 unspecified atom stereocenters. The molecule has 2 heterocycles. The van der Waals surface area contributed by atoms with Crippen LogP contribution in [0.2, 0.25) is 0 Å². The molecule has 0 aliphatic carbocycles. The summed E-state index contributed by atoms with van der Waals surface area (Å²) in [6, 6.07) is 2.88. The lowest BCUT2D eigenvalue weighted by Crippen LogP contribution is -2.51. The summed E-state index contributed by atoms with van der Waals surface area (Å²) in [6.45, 7) is 0.156. The fraction of sp³-hybridized carbons (Fsp3) is 0.538. The van der Waals surface area contributed by atoms with Gasteiger partial charge in [0, 0.05) is 39.1 Å². The van der Waals surface area contributed by atoms with Crippen molar-refractivity contribution in [1.82, 2.24) is 9.29 Å². The van der Waals surface area contributed by atoms with Crippen molar-refractivity contribution < 1.29 is 27.8 Å². The summed E-state index contributed by atoms with van der Waals surface area (Å²) in [5.74, 6) is -0.750. The number of hydrogen-bond donors (Lipinski definition) is 1. The standard InChI is InChI=1S/C13H18N2O6S/c1-20-11-4-3-10(9-14-11)22(18,19)15-7-5-13(21-2,6-8-15)12(16)17/h3-4,9H,5-8H2,1-2H3,(H,16,17). The number of methoxy groups -OCH3 is 2. The van der Waals surface area contributed by atoms with Gasteiger partial charge in [-0.15, -0.1) is 0 Å². The smallest absolute Gasteiger partial charge is 0.336 e. The van der Waals surface area contributed by atoms with E-state index in [0.717, 1.165) is 0 Å². The third-order valence-corrected chi connectivity index (χ3v) is 5.75. The molecule has 2 rings (SSSR count). The first-order valence-electron chi connectivity index (χ1n) is 6.64. The van der Waals surface area contributed by atoms with Gasteiger partial charge in [-0.25, -0.2) is 18.2 Å². The van der Waals surface area contributed by atoms with Crippen LogP contribution < -0.4 is 4.74 Å². The molecule has 0 radical (unpaired) electrons. The molecule has 22 heavy (non-hydrogen) atoms. The van der Waals surface area contributed by atoms with Crippen molar-refractivity contribution in [2.45, 2.75) is 23.3 Å². The van der Waals surface area contributed by atoms with E-state index in [0.29, 0.717) is 5.88 Å². The first-order chi connectivity index (χ1) is 10.4. The Morgan fingerprint density at radius 3 is 2.36 bits per heavy atom. The normalized spacial score (nSPS) is 18.8. The number of rotatable bonds is 5. The van der Waals surface area contributed by atoms with Gasteiger partial charge in [0.1, 0.15) is 4.90 Å². The van der Waals surface area contributed by atoms with E-state index in [1.54, 1.807) is 0 Å². The van der Waals surface area contributed by atoms with E-state index in [4.69, 9.17) is 9.47 Å². The fourth-order valence-electron chi connectivity index (χ4n) is 2.38. The number of carboxylic acid groups (broad SMARTS) is 1. The lowest BCUT2D eigenvalue weighted by molar-refractivity contribution is -0.166. The number of carbonyl (C=O) groups is 1. The van der Waals surface area contributed by atoms with Gasteiger partial charge >= 0.3 is 5.97 Å². The number of aliphatic carboxylic acids is 1. The van der Waals surface area contributed by atoms with Gasteiger partial charge in [0.05, 0.1) is 13.3 Å². The number of piperidine rings is 1. The van der Waals surface area contributed by atoms with Crippen LogP contribution in [0.1, 0.15) is 12.8 Å². The number of pyridine rings is 1. The predicted molar refractivity (Wildman–Crippen MR) is 76.2 cm³/mol. The zero-order valence-electron chi connectivity index (χ0n) is 12.4. The second-order valence-corrected chi connectivity index (χ2v) is 6.88. The molecule has 1 aliphatic rings. The van der Waals surface area contributed by atoms with Crippen LogP contribution in [0.15, 0.2) is 23.2 Å². The molecule has 9 heteroatoms. The van der Waals surface area contributed by atoms with Crippen molar-refractivity contribution in [3.05, 3.63) is 18.3 Å². The molecule has 0 spiro atoms. The molecule has 1 aromatic rings. The van der Waals surface area contributed by atoms with Gasteiger partial charge < -0.3 is 14.6 Å². The Bertz CT molecular complexity index is 635. The van der Waals surface area contributed by atoms with Crippen LogP contribution in [0.25, 0.3) is 0 Å². The van der Waals surface area contributed by atoms with E-state index in [2.05, 4.69) is 4.98 Å². The van der Waals surface area contributed by atoms with Crippen LogP contribution in [0.4, 0.5) is 0 Å². The maximum absolute atomic E-state index is 12.5. The van der Waals surface area contributed by atoms with Crippen LogP contribution >= 0.6 is 0 Å². The first kappa shape index (κ1) is 16.7. The van der Waals surface area contributed by atoms with Crippen LogP contribution in [0, 0.1) is 0 Å². The van der Waals surface area contributed by atoms with Crippen molar-refractivity contribution >= 4 is 16.0 Å². The second-order valence-electron chi connectivity index (χ2n) is 4.94. The Morgan fingerprint density at radius 2 is 1.95 bits per heavy atom. The monoisotopic (exact) mass is 330 g/mol. The summed E-state index contributed by atoms with van der Waals surface area (Å²) < 4.78 is 36.3. The molecule has 1 N–H and O–H groups in total. The molecule has 0 atom stereocenters.